The summed E-state index contributed by atoms with van der Waals surface area (Å²) in [6, 6.07) is 21.2. The number of anilines is 1. The van der Waals surface area contributed by atoms with E-state index in [1.807, 2.05) is 92.6 Å². The van der Waals surface area contributed by atoms with Gasteiger partial charge in [-0.3, -0.25) is 0 Å². The van der Waals surface area contributed by atoms with Crippen LogP contribution in [0.15, 0.2) is 87.2 Å². The minimum absolute atomic E-state index is 0.605. The normalized spacial score (nSPS) is 11.6. The molecule has 0 fully saturated rings. The third-order valence-corrected chi connectivity index (χ3v) is 5.31. The molecule has 0 aliphatic rings. The standard InChI is InChI=1S/C23H22N6OS/c1-4-30-20-13-14-21-22(15-20)31-23(24-21)28-27-17-7-5-16(6-8-17)25-26-18-9-11-19(12-10-18)29(2)3/h5-15H,4H2,1-3H3. The van der Waals surface area contributed by atoms with Crippen molar-refractivity contribution < 1.29 is 4.74 Å². The van der Waals surface area contributed by atoms with Crippen LogP contribution in [-0.4, -0.2) is 25.7 Å². The van der Waals surface area contributed by atoms with E-state index in [2.05, 4.69) is 25.4 Å². The molecular formula is C23H22N6OS. The number of hydrogen-bond acceptors (Lipinski definition) is 8. The van der Waals surface area contributed by atoms with Crippen molar-refractivity contribution in [1.82, 2.24) is 4.98 Å². The van der Waals surface area contributed by atoms with E-state index in [0.717, 1.165) is 38.7 Å². The van der Waals surface area contributed by atoms with Gasteiger partial charge in [0.1, 0.15) is 5.75 Å². The average molecular weight is 431 g/mol. The molecule has 0 bridgehead atoms. The van der Waals surface area contributed by atoms with E-state index in [0.29, 0.717) is 11.7 Å². The van der Waals surface area contributed by atoms with E-state index in [1.165, 1.54) is 11.3 Å². The Morgan fingerprint density at radius 2 is 1.39 bits per heavy atom. The Morgan fingerprint density at radius 3 is 1.97 bits per heavy atom. The van der Waals surface area contributed by atoms with Crippen LogP contribution in [0.3, 0.4) is 0 Å². The van der Waals surface area contributed by atoms with Crippen molar-refractivity contribution in [2.45, 2.75) is 6.92 Å². The van der Waals surface area contributed by atoms with Crippen LogP contribution in [0, 0.1) is 0 Å². The van der Waals surface area contributed by atoms with Crippen molar-refractivity contribution in [3.8, 4) is 5.75 Å². The molecule has 0 aliphatic heterocycles. The van der Waals surface area contributed by atoms with Gasteiger partial charge in [0.05, 0.1) is 33.9 Å². The van der Waals surface area contributed by atoms with Crippen molar-refractivity contribution in [3.05, 3.63) is 66.7 Å². The van der Waals surface area contributed by atoms with E-state index in [9.17, 15) is 0 Å². The number of rotatable bonds is 7. The highest BCUT2D eigenvalue weighted by atomic mass is 32.1. The maximum Gasteiger partial charge on any atom is 0.231 e. The van der Waals surface area contributed by atoms with Crippen LogP contribution in [-0.2, 0) is 0 Å². The molecule has 0 N–H and O–H groups in total. The molecular weight excluding hydrogens is 408 g/mol. The quantitative estimate of drug-likeness (QED) is 0.283. The van der Waals surface area contributed by atoms with Gasteiger partial charge in [-0.25, -0.2) is 4.98 Å². The fourth-order valence-electron chi connectivity index (χ4n) is 2.81. The predicted octanol–water partition coefficient (Wildman–Crippen LogP) is 7.59. The Balaban J connectivity index is 1.42. The number of benzene rings is 3. The molecule has 0 saturated heterocycles. The second kappa shape index (κ2) is 9.44. The van der Waals surface area contributed by atoms with Gasteiger partial charge in [0, 0.05) is 19.8 Å². The molecule has 0 unspecified atom stereocenters. The fourth-order valence-corrected chi connectivity index (χ4v) is 3.63. The molecule has 156 valence electrons. The molecule has 3 aromatic carbocycles. The molecule has 0 radical (unpaired) electrons. The summed E-state index contributed by atoms with van der Waals surface area (Å²) < 4.78 is 6.56. The molecule has 4 aromatic rings. The fraction of sp³-hybridized carbons (Fsp3) is 0.174. The Morgan fingerprint density at radius 1 is 0.806 bits per heavy atom. The van der Waals surface area contributed by atoms with Crippen molar-refractivity contribution in [2.24, 2.45) is 20.5 Å². The van der Waals surface area contributed by atoms with E-state index >= 15 is 0 Å². The molecule has 0 saturated carbocycles. The summed E-state index contributed by atoms with van der Waals surface area (Å²) in [6.45, 7) is 2.60. The molecule has 0 aliphatic carbocycles. The smallest absolute Gasteiger partial charge is 0.231 e. The van der Waals surface area contributed by atoms with Crippen molar-refractivity contribution >= 4 is 49.4 Å². The highest BCUT2D eigenvalue weighted by molar-refractivity contribution is 7.21. The molecule has 8 heteroatoms. The summed E-state index contributed by atoms with van der Waals surface area (Å²) in [5.74, 6) is 0.834. The number of fused-ring (bicyclic) bond motifs is 1. The number of ether oxygens (including phenoxy) is 1. The maximum absolute atomic E-state index is 5.53. The second-order valence-corrected chi connectivity index (χ2v) is 7.90. The van der Waals surface area contributed by atoms with Crippen molar-refractivity contribution in [3.63, 3.8) is 0 Å². The summed E-state index contributed by atoms with van der Waals surface area (Å²) in [5, 5.41) is 17.7. The van der Waals surface area contributed by atoms with Crippen LogP contribution in [0.4, 0.5) is 27.9 Å². The van der Waals surface area contributed by atoms with Gasteiger partial charge in [-0.1, -0.05) is 11.3 Å². The predicted molar refractivity (Wildman–Crippen MR) is 126 cm³/mol. The van der Waals surface area contributed by atoms with Crippen LogP contribution in [0.1, 0.15) is 6.92 Å². The molecule has 31 heavy (non-hydrogen) atoms. The zero-order chi connectivity index (χ0) is 21.6. The van der Waals surface area contributed by atoms with Gasteiger partial charge >= 0.3 is 0 Å². The van der Waals surface area contributed by atoms with Gasteiger partial charge in [-0.05, 0) is 73.7 Å². The van der Waals surface area contributed by atoms with Crippen molar-refractivity contribution in [1.29, 1.82) is 0 Å². The lowest BCUT2D eigenvalue weighted by molar-refractivity contribution is 0.341. The number of thiazole rings is 1. The molecule has 7 nitrogen and oxygen atoms in total. The SMILES string of the molecule is CCOc1ccc2nc(N=Nc3ccc(N=Nc4ccc(N(C)C)cc4)cc3)sc2c1. The van der Waals surface area contributed by atoms with Gasteiger partial charge in [0.25, 0.3) is 0 Å². The lowest BCUT2D eigenvalue weighted by Crippen LogP contribution is -2.07. The molecule has 4 rings (SSSR count). The zero-order valence-corrected chi connectivity index (χ0v) is 18.4. The average Bonchev–Trinajstić information content (AvgIpc) is 3.20. The molecule has 0 spiro atoms. The number of azo groups is 2. The van der Waals surface area contributed by atoms with E-state index in [4.69, 9.17) is 4.74 Å². The van der Waals surface area contributed by atoms with Gasteiger partial charge in [0.15, 0.2) is 0 Å². The maximum atomic E-state index is 5.53. The first-order chi connectivity index (χ1) is 15.1. The first-order valence-electron chi connectivity index (χ1n) is 9.85. The summed E-state index contributed by atoms with van der Waals surface area (Å²) in [6.07, 6.45) is 0. The molecule has 0 atom stereocenters. The summed E-state index contributed by atoms with van der Waals surface area (Å²) in [7, 11) is 4.01. The van der Waals surface area contributed by atoms with E-state index < -0.39 is 0 Å². The van der Waals surface area contributed by atoms with Crippen LogP contribution in [0.25, 0.3) is 10.2 Å². The zero-order valence-electron chi connectivity index (χ0n) is 17.6. The first kappa shape index (κ1) is 20.6. The Kier molecular flexibility index (Phi) is 6.28. The van der Waals surface area contributed by atoms with E-state index in [-0.39, 0.29) is 0 Å². The molecule has 1 aromatic heterocycles. The summed E-state index contributed by atoms with van der Waals surface area (Å²) in [4.78, 5) is 6.53. The van der Waals surface area contributed by atoms with Crippen LogP contribution in [0.5, 0.6) is 5.75 Å². The van der Waals surface area contributed by atoms with Gasteiger partial charge in [-0.2, -0.15) is 10.2 Å². The number of nitrogens with zero attached hydrogens (tertiary/aromatic N) is 6. The monoisotopic (exact) mass is 430 g/mol. The molecule has 1 heterocycles. The third kappa shape index (κ3) is 5.29. The topological polar surface area (TPSA) is 74.8 Å². The van der Waals surface area contributed by atoms with Gasteiger partial charge in [0.2, 0.25) is 5.13 Å². The van der Waals surface area contributed by atoms with Crippen molar-refractivity contribution in [2.75, 3.05) is 25.6 Å². The largest absolute Gasteiger partial charge is 0.494 e. The summed E-state index contributed by atoms with van der Waals surface area (Å²) >= 11 is 1.48. The minimum atomic E-state index is 0.605. The van der Waals surface area contributed by atoms with Gasteiger partial charge in [-0.15, -0.1) is 10.2 Å². The van der Waals surface area contributed by atoms with Crippen LogP contribution < -0.4 is 9.64 Å². The minimum Gasteiger partial charge on any atom is -0.494 e. The summed E-state index contributed by atoms with van der Waals surface area (Å²) in [5.41, 5.74) is 4.29. The molecule has 0 amide bonds. The number of hydrogen-bond donors (Lipinski definition) is 0. The highest BCUT2D eigenvalue weighted by Gasteiger charge is 2.05. The van der Waals surface area contributed by atoms with Gasteiger partial charge < -0.3 is 9.64 Å². The Hall–Kier alpha value is -3.65. The second-order valence-electron chi connectivity index (χ2n) is 6.89. The lowest BCUT2D eigenvalue weighted by Gasteiger charge is -2.11. The lowest BCUT2D eigenvalue weighted by atomic mass is 10.3. The third-order valence-electron chi connectivity index (χ3n) is 4.41. The number of aromatic nitrogens is 1. The van der Waals surface area contributed by atoms with Crippen LogP contribution >= 0.6 is 11.3 Å². The highest BCUT2D eigenvalue weighted by Crippen LogP contribution is 2.32. The Labute approximate surface area is 184 Å². The Bertz CT molecular complexity index is 1210. The van der Waals surface area contributed by atoms with E-state index in [1.54, 1.807) is 0 Å². The first-order valence-corrected chi connectivity index (χ1v) is 10.7. The van der Waals surface area contributed by atoms with Crippen LogP contribution in [0.2, 0.25) is 0 Å².